The number of halogens is 1. The monoisotopic (exact) mass is 391 g/mol. The van der Waals surface area contributed by atoms with E-state index in [9.17, 15) is 9.59 Å². The fourth-order valence-corrected chi connectivity index (χ4v) is 3.12. The van der Waals surface area contributed by atoms with Gasteiger partial charge in [0.05, 0.1) is 5.69 Å². The molecule has 0 aliphatic carbocycles. The minimum Gasteiger partial charge on any atom is -0.324 e. The summed E-state index contributed by atoms with van der Waals surface area (Å²) in [7, 11) is 1.57. The number of hydrogen-bond acceptors (Lipinski definition) is 3. The van der Waals surface area contributed by atoms with Gasteiger partial charge in [-0.3, -0.25) is 4.79 Å². The van der Waals surface area contributed by atoms with Crippen molar-refractivity contribution in [3.8, 4) is 0 Å². The molecular weight excluding hydrogens is 370 g/mol. The number of thioether (sulfide) groups is 1. The number of benzene rings is 2. The van der Waals surface area contributed by atoms with Gasteiger partial charge in [0.25, 0.3) is 0 Å². The molecule has 2 rings (SSSR count). The van der Waals surface area contributed by atoms with E-state index in [2.05, 4.69) is 10.6 Å². The van der Waals surface area contributed by atoms with Crippen LogP contribution in [0.4, 0.5) is 16.2 Å². The minimum atomic E-state index is -0.374. The van der Waals surface area contributed by atoms with E-state index < -0.39 is 0 Å². The number of para-hydroxylation sites is 1. The standard InChI is InChI=1S/C19H22ClN3O2S/c1-4-13-7-5-6-8-15(13)21-18(24)12-23(2)19(25)22-16-11-14(20)9-10-17(16)26-3/h5-11H,4,12H2,1-3H3,(H,21,24)(H,22,25). The molecule has 2 N–H and O–H groups in total. The Morgan fingerprint density at radius 2 is 1.85 bits per heavy atom. The van der Waals surface area contributed by atoms with Gasteiger partial charge in [0, 0.05) is 22.7 Å². The lowest BCUT2D eigenvalue weighted by Crippen LogP contribution is -2.37. The molecule has 0 atom stereocenters. The Morgan fingerprint density at radius 3 is 2.54 bits per heavy atom. The molecule has 26 heavy (non-hydrogen) atoms. The van der Waals surface area contributed by atoms with Crippen molar-refractivity contribution in [1.29, 1.82) is 0 Å². The number of nitrogens with one attached hydrogen (secondary N) is 2. The molecule has 0 fully saturated rings. The summed E-state index contributed by atoms with van der Waals surface area (Å²) < 4.78 is 0. The Hall–Kier alpha value is -2.18. The van der Waals surface area contributed by atoms with Crippen LogP contribution in [0.1, 0.15) is 12.5 Å². The number of rotatable bonds is 6. The molecule has 0 aliphatic rings. The zero-order valence-electron chi connectivity index (χ0n) is 15.0. The van der Waals surface area contributed by atoms with E-state index in [1.54, 1.807) is 19.2 Å². The molecule has 0 bridgehead atoms. The van der Waals surface area contributed by atoms with Gasteiger partial charge < -0.3 is 15.5 Å². The maximum Gasteiger partial charge on any atom is 0.322 e. The van der Waals surface area contributed by atoms with Crippen LogP contribution < -0.4 is 10.6 Å². The van der Waals surface area contributed by atoms with E-state index in [4.69, 9.17) is 11.6 Å². The first-order valence-electron chi connectivity index (χ1n) is 8.18. The van der Waals surface area contributed by atoms with E-state index in [0.29, 0.717) is 10.7 Å². The molecule has 0 unspecified atom stereocenters. The number of urea groups is 1. The third-order valence-corrected chi connectivity index (χ3v) is 4.83. The first-order chi connectivity index (χ1) is 12.4. The second-order valence-electron chi connectivity index (χ2n) is 5.69. The van der Waals surface area contributed by atoms with E-state index in [1.165, 1.54) is 16.7 Å². The number of nitrogens with zero attached hydrogens (tertiary/aromatic N) is 1. The number of aryl methyl sites for hydroxylation is 1. The summed E-state index contributed by atoms with van der Waals surface area (Å²) in [6.07, 6.45) is 2.74. The van der Waals surface area contributed by atoms with Crippen LogP contribution >= 0.6 is 23.4 Å². The van der Waals surface area contributed by atoms with E-state index in [0.717, 1.165) is 22.6 Å². The highest BCUT2D eigenvalue weighted by Crippen LogP contribution is 2.28. The van der Waals surface area contributed by atoms with Crippen LogP contribution in [0.5, 0.6) is 0 Å². The summed E-state index contributed by atoms with van der Waals surface area (Å²) in [5.74, 6) is -0.250. The lowest BCUT2D eigenvalue weighted by molar-refractivity contribution is -0.116. The summed E-state index contributed by atoms with van der Waals surface area (Å²) in [6, 6.07) is 12.6. The van der Waals surface area contributed by atoms with Gasteiger partial charge in [0.2, 0.25) is 5.91 Å². The molecule has 2 aromatic rings. The molecule has 0 aliphatic heterocycles. The maximum absolute atomic E-state index is 12.4. The summed E-state index contributed by atoms with van der Waals surface area (Å²) in [6.45, 7) is 1.97. The first-order valence-corrected chi connectivity index (χ1v) is 9.78. The van der Waals surface area contributed by atoms with E-state index in [-0.39, 0.29) is 18.5 Å². The van der Waals surface area contributed by atoms with Gasteiger partial charge in [-0.05, 0) is 42.5 Å². The van der Waals surface area contributed by atoms with Crippen molar-refractivity contribution >= 4 is 46.7 Å². The lowest BCUT2D eigenvalue weighted by Gasteiger charge is -2.19. The smallest absolute Gasteiger partial charge is 0.322 e. The first kappa shape index (κ1) is 20.1. The van der Waals surface area contributed by atoms with Crippen LogP contribution in [0.3, 0.4) is 0 Å². The lowest BCUT2D eigenvalue weighted by atomic mass is 10.1. The second kappa shape index (κ2) is 9.50. The van der Waals surface area contributed by atoms with Crippen molar-refractivity contribution in [2.24, 2.45) is 0 Å². The fraction of sp³-hybridized carbons (Fsp3) is 0.263. The molecular formula is C19H22ClN3O2S. The zero-order valence-corrected chi connectivity index (χ0v) is 16.6. The quantitative estimate of drug-likeness (QED) is 0.700. The molecule has 0 saturated carbocycles. The number of carbonyl (C=O) groups excluding carboxylic acids is 2. The van der Waals surface area contributed by atoms with Gasteiger partial charge in [-0.25, -0.2) is 4.79 Å². The number of anilines is 2. The van der Waals surface area contributed by atoms with Crippen molar-refractivity contribution in [2.75, 3.05) is 30.5 Å². The Labute approximate surface area is 163 Å². The molecule has 7 heteroatoms. The Morgan fingerprint density at radius 1 is 1.12 bits per heavy atom. The second-order valence-corrected chi connectivity index (χ2v) is 6.97. The fourth-order valence-electron chi connectivity index (χ4n) is 2.42. The molecule has 138 valence electrons. The van der Waals surface area contributed by atoms with E-state index >= 15 is 0 Å². The third-order valence-electron chi connectivity index (χ3n) is 3.80. The van der Waals surface area contributed by atoms with Crippen LogP contribution in [0.2, 0.25) is 5.02 Å². The highest BCUT2D eigenvalue weighted by Gasteiger charge is 2.15. The predicted molar refractivity (Wildman–Crippen MR) is 109 cm³/mol. The zero-order chi connectivity index (χ0) is 19.1. The van der Waals surface area contributed by atoms with Crippen molar-refractivity contribution in [3.63, 3.8) is 0 Å². The minimum absolute atomic E-state index is 0.0565. The molecule has 3 amide bonds. The van der Waals surface area contributed by atoms with Crippen LogP contribution in [0.25, 0.3) is 0 Å². The number of amides is 3. The van der Waals surface area contributed by atoms with Crippen molar-refractivity contribution in [3.05, 3.63) is 53.1 Å². The van der Waals surface area contributed by atoms with Gasteiger partial charge in [-0.15, -0.1) is 11.8 Å². The highest BCUT2D eigenvalue weighted by atomic mass is 35.5. The maximum atomic E-state index is 12.4. The van der Waals surface area contributed by atoms with Crippen LogP contribution in [0, 0.1) is 0 Å². The Bertz CT molecular complexity index is 798. The largest absolute Gasteiger partial charge is 0.324 e. The predicted octanol–water partition coefficient (Wildman–Crippen LogP) is 4.73. The third kappa shape index (κ3) is 5.41. The van der Waals surface area contributed by atoms with Gasteiger partial charge in [-0.1, -0.05) is 36.7 Å². The molecule has 0 saturated heterocycles. The number of hydrogen-bond donors (Lipinski definition) is 2. The normalized spacial score (nSPS) is 10.3. The van der Waals surface area contributed by atoms with Crippen molar-refractivity contribution in [2.45, 2.75) is 18.2 Å². The molecule has 5 nitrogen and oxygen atoms in total. The summed E-state index contributed by atoms with van der Waals surface area (Å²) in [5, 5.41) is 6.19. The number of carbonyl (C=O) groups is 2. The molecule has 2 aromatic carbocycles. The highest BCUT2D eigenvalue weighted by molar-refractivity contribution is 7.98. The van der Waals surface area contributed by atoms with Crippen molar-refractivity contribution in [1.82, 2.24) is 4.90 Å². The van der Waals surface area contributed by atoms with Crippen LogP contribution in [-0.2, 0) is 11.2 Å². The topological polar surface area (TPSA) is 61.4 Å². The summed E-state index contributed by atoms with van der Waals surface area (Å²) >= 11 is 7.51. The molecule has 0 heterocycles. The summed E-state index contributed by atoms with van der Waals surface area (Å²) in [5.41, 5.74) is 2.45. The Balaban J connectivity index is 1.98. The van der Waals surface area contributed by atoms with E-state index in [1.807, 2.05) is 43.5 Å². The van der Waals surface area contributed by atoms with Gasteiger partial charge in [0.1, 0.15) is 6.54 Å². The molecule has 0 radical (unpaired) electrons. The molecule has 0 aromatic heterocycles. The molecule has 0 spiro atoms. The van der Waals surface area contributed by atoms with Gasteiger partial charge in [0.15, 0.2) is 0 Å². The van der Waals surface area contributed by atoms with Crippen LogP contribution in [-0.4, -0.2) is 36.7 Å². The SMILES string of the molecule is CCc1ccccc1NC(=O)CN(C)C(=O)Nc1cc(Cl)ccc1SC. The van der Waals surface area contributed by atoms with Crippen LogP contribution in [0.15, 0.2) is 47.4 Å². The van der Waals surface area contributed by atoms with Gasteiger partial charge in [-0.2, -0.15) is 0 Å². The Kier molecular flexibility index (Phi) is 7.36. The van der Waals surface area contributed by atoms with Gasteiger partial charge >= 0.3 is 6.03 Å². The number of likely N-dealkylation sites (N-methyl/N-ethyl adjacent to an activating group) is 1. The summed E-state index contributed by atoms with van der Waals surface area (Å²) in [4.78, 5) is 26.9. The average molecular weight is 392 g/mol. The van der Waals surface area contributed by atoms with Crippen molar-refractivity contribution < 1.29 is 9.59 Å². The average Bonchev–Trinajstić information content (AvgIpc) is 2.62.